The summed E-state index contributed by atoms with van der Waals surface area (Å²) in [7, 11) is 4.09. The van der Waals surface area contributed by atoms with Crippen molar-refractivity contribution in [3.05, 3.63) is 53.4 Å². The SMILES string of the molecule is C=C/C(C)=c1/ccc(S(=C)N(CCN(C)C)C2(C(=C)CCC)CCCC2)cc1=C(C)C. The second-order valence-electron chi connectivity index (χ2n) is 9.46. The first-order chi connectivity index (χ1) is 14.7. The standard InChI is InChI=1S/C28H44N2S/c1-10-14-24(6)28(17-12-13-18-28)30(20-19-29(7)8)31(9)25-15-16-26(23(5)11-2)27(21-25)22(3)4/h11,15-16,21H,2,6,9-10,12-14,17-20H2,1,3-5,7-8H3/b26-23-. The maximum Gasteiger partial charge on any atom is 0.0518 e. The molecule has 172 valence electrons. The second-order valence-corrected chi connectivity index (χ2v) is 11.1. The van der Waals surface area contributed by atoms with Crippen LogP contribution in [0, 0.1) is 0 Å². The van der Waals surface area contributed by atoms with Crippen molar-refractivity contribution in [2.45, 2.75) is 76.7 Å². The molecule has 1 aromatic rings. The largest absolute Gasteiger partial charge is 0.308 e. The molecule has 1 unspecified atom stereocenters. The molecule has 0 heterocycles. The molecule has 1 aliphatic carbocycles. The van der Waals surface area contributed by atoms with Crippen molar-refractivity contribution >= 4 is 27.7 Å². The van der Waals surface area contributed by atoms with E-state index in [0.717, 1.165) is 25.9 Å². The van der Waals surface area contributed by atoms with Crippen molar-refractivity contribution in [2.75, 3.05) is 27.2 Å². The van der Waals surface area contributed by atoms with Crippen LogP contribution in [0.3, 0.4) is 0 Å². The zero-order valence-electron chi connectivity index (χ0n) is 20.9. The molecule has 1 aromatic carbocycles. The minimum absolute atomic E-state index is 0.0872. The molecule has 2 nitrogen and oxygen atoms in total. The molecule has 1 saturated carbocycles. The second kappa shape index (κ2) is 11.4. The number of hydrogen-bond donors (Lipinski definition) is 0. The Labute approximate surface area is 194 Å². The van der Waals surface area contributed by atoms with Crippen LogP contribution in [0.4, 0.5) is 0 Å². The molecule has 0 saturated heterocycles. The van der Waals surface area contributed by atoms with Gasteiger partial charge < -0.3 is 4.90 Å². The lowest BCUT2D eigenvalue weighted by Crippen LogP contribution is -2.47. The molecule has 1 fully saturated rings. The van der Waals surface area contributed by atoms with Crippen LogP contribution < -0.4 is 10.4 Å². The summed E-state index contributed by atoms with van der Waals surface area (Å²) in [5.41, 5.74) is 4.06. The van der Waals surface area contributed by atoms with Crippen molar-refractivity contribution in [2.24, 2.45) is 0 Å². The normalized spacial score (nSPS) is 17.7. The van der Waals surface area contributed by atoms with E-state index in [-0.39, 0.29) is 16.2 Å². The molecule has 1 aliphatic rings. The third kappa shape index (κ3) is 5.88. The molecular formula is C28H44N2S. The Balaban J connectivity index is 2.61. The van der Waals surface area contributed by atoms with Gasteiger partial charge in [0.15, 0.2) is 0 Å². The highest BCUT2D eigenvalue weighted by atomic mass is 32.2. The summed E-state index contributed by atoms with van der Waals surface area (Å²) in [5, 5.41) is 2.60. The summed E-state index contributed by atoms with van der Waals surface area (Å²) in [4.78, 5) is 3.61. The lowest BCUT2D eigenvalue weighted by molar-refractivity contribution is 0.224. The van der Waals surface area contributed by atoms with Gasteiger partial charge in [-0.25, -0.2) is 4.31 Å². The maximum absolute atomic E-state index is 4.77. The smallest absolute Gasteiger partial charge is 0.0518 e. The highest BCUT2D eigenvalue weighted by molar-refractivity contribution is 8.12. The molecule has 0 aliphatic heterocycles. The monoisotopic (exact) mass is 440 g/mol. The van der Waals surface area contributed by atoms with E-state index in [9.17, 15) is 0 Å². The Bertz CT molecular complexity index is 928. The van der Waals surface area contributed by atoms with Gasteiger partial charge in [-0.1, -0.05) is 79.2 Å². The minimum atomic E-state index is -0.244. The van der Waals surface area contributed by atoms with Crippen LogP contribution in [0.2, 0.25) is 0 Å². The Hall–Kier alpha value is -1.42. The molecule has 0 aromatic heterocycles. The third-order valence-corrected chi connectivity index (χ3v) is 8.53. The van der Waals surface area contributed by atoms with E-state index in [4.69, 9.17) is 5.87 Å². The van der Waals surface area contributed by atoms with Gasteiger partial charge in [0, 0.05) is 18.0 Å². The fourth-order valence-electron chi connectivity index (χ4n) is 4.76. The molecule has 0 bridgehead atoms. The molecule has 3 heteroatoms. The molecule has 2 rings (SSSR count). The first-order valence-corrected chi connectivity index (χ1v) is 13.1. The van der Waals surface area contributed by atoms with Crippen LogP contribution in [0.5, 0.6) is 0 Å². The topological polar surface area (TPSA) is 6.48 Å². The van der Waals surface area contributed by atoms with Gasteiger partial charge in [-0.05, 0) is 82.3 Å². The average Bonchev–Trinajstić information content (AvgIpc) is 3.23. The third-order valence-electron chi connectivity index (χ3n) is 6.67. The van der Waals surface area contributed by atoms with E-state index in [0.29, 0.717) is 0 Å². The van der Waals surface area contributed by atoms with E-state index in [1.807, 2.05) is 6.08 Å². The van der Waals surface area contributed by atoms with Crippen molar-refractivity contribution in [3.63, 3.8) is 0 Å². The van der Waals surface area contributed by atoms with Crippen molar-refractivity contribution in [1.82, 2.24) is 9.21 Å². The molecule has 0 amide bonds. The van der Waals surface area contributed by atoms with Gasteiger partial charge in [-0.3, -0.25) is 0 Å². The van der Waals surface area contributed by atoms with Crippen molar-refractivity contribution in [1.29, 1.82) is 0 Å². The first kappa shape index (κ1) is 25.8. The number of rotatable bonds is 10. The van der Waals surface area contributed by atoms with Gasteiger partial charge in [0.2, 0.25) is 0 Å². The fourth-order valence-corrected chi connectivity index (χ4v) is 6.53. The maximum atomic E-state index is 4.77. The van der Waals surface area contributed by atoms with Gasteiger partial charge in [0.25, 0.3) is 0 Å². The quantitative estimate of drug-likeness (QED) is 0.338. The zero-order chi connectivity index (χ0) is 23.2. The summed E-state index contributed by atoms with van der Waals surface area (Å²) in [6.45, 7) is 19.5. The summed E-state index contributed by atoms with van der Waals surface area (Å²) in [5.74, 6) is 4.77. The van der Waals surface area contributed by atoms with E-state index < -0.39 is 0 Å². The summed E-state index contributed by atoms with van der Waals surface area (Å²) in [6, 6.07) is 6.94. The lowest BCUT2D eigenvalue weighted by Gasteiger charge is -2.45. The molecule has 0 N–H and O–H groups in total. The molecule has 1 atom stereocenters. The first-order valence-electron chi connectivity index (χ1n) is 11.7. The van der Waals surface area contributed by atoms with Crippen molar-refractivity contribution < 1.29 is 0 Å². The Kier molecular flexibility index (Phi) is 9.54. The van der Waals surface area contributed by atoms with Crippen molar-refractivity contribution in [3.8, 4) is 0 Å². The van der Waals surface area contributed by atoms with Gasteiger partial charge in [-0.2, -0.15) is 0 Å². The minimum Gasteiger partial charge on any atom is -0.308 e. The summed E-state index contributed by atoms with van der Waals surface area (Å²) >= 11 is 0. The summed E-state index contributed by atoms with van der Waals surface area (Å²) in [6.07, 6.45) is 9.23. The highest BCUT2D eigenvalue weighted by Crippen LogP contribution is 2.48. The van der Waals surface area contributed by atoms with Crippen LogP contribution in [-0.4, -0.2) is 47.8 Å². The number of hydrogen-bond acceptors (Lipinski definition) is 2. The average molecular weight is 441 g/mol. The Morgan fingerprint density at radius 1 is 1.10 bits per heavy atom. The van der Waals surface area contributed by atoms with E-state index in [1.54, 1.807) is 0 Å². The Morgan fingerprint density at radius 3 is 2.26 bits per heavy atom. The van der Waals surface area contributed by atoms with Gasteiger partial charge in [0.1, 0.15) is 0 Å². The van der Waals surface area contributed by atoms with Crippen LogP contribution in [0.15, 0.2) is 47.9 Å². The number of benzene rings is 1. The highest BCUT2D eigenvalue weighted by Gasteiger charge is 2.42. The van der Waals surface area contributed by atoms with E-state index in [2.05, 4.69) is 82.4 Å². The van der Waals surface area contributed by atoms with Crippen LogP contribution in [-0.2, 0) is 0 Å². The van der Waals surface area contributed by atoms with Gasteiger partial charge >= 0.3 is 0 Å². The van der Waals surface area contributed by atoms with Gasteiger partial charge in [-0.15, -0.1) is 0 Å². The van der Waals surface area contributed by atoms with Crippen LogP contribution >= 0.6 is 10.7 Å². The number of nitrogens with zero attached hydrogens (tertiary/aromatic N) is 2. The van der Waals surface area contributed by atoms with E-state index >= 15 is 0 Å². The lowest BCUT2D eigenvalue weighted by atomic mass is 9.86. The number of likely N-dealkylation sites (N-methyl/N-ethyl adjacent to an activating group) is 1. The van der Waals surface area contributed by atoms with Crippen LogP contribution in [0.25, 0.3) is 11.1 Å². The predicted octanol–water partition coefficient (Wildman–Crippen LogP) is 5.74. The molecule has 31 heavy (non-hydrogen) atoms. The zero-order valence-corrected chi connectivity index (χ0v) is 21.7. The predicted molar refractivity (Wildman–Crippen MR) is 143 cm³/mol. The van der Waals surface area contributed by atoms with Gasteiger partial charge in [0.05, 0.1) is 5.54 Å². The Morgan fingerprint density at radius 2 is 1.74 bits per heavy atom. The number of allylic oxidation sites excluding steroid dienone is 1. The molecule has 0 radical (unpaired) electrons. The molecule has 0 spiro atoms. The molecular weight excluding hydrogens is 396 g/mol. The fraction of sp³-hybridized carbons (Fsp3) is 0.536. The van der Waals surface area contributed by atoms with E-state index in [1.165, 1.54) is 57.7 Å². The summed E-state index contributed by atoms with van der Waals surface area (Å²) < 4.78 is 2.71. The van der Waals surface area contributed by atoms with Crippen LogP contribution in [0.1, 0.15) is 66.2 Å².